The number of hydrogen-bond acceptors (Lipinski definition) is 2. The van der Waals surface area contributed by atoms with E-state index in [4.69, 9.17) is 15.0 Å². The third-order valence-electron chi connectivity index (χ3n) is 10.9. The Morgan fingerprint density at radius 2 is 1.26 bits per heavy atom. The van der Waals surface area contributed by atoms with Crippen LogP contribution in [0.5, 0.6) is 0 Å². The van der Waals surface area contributed by atoms with Gasteiger partial charge in [-0.1, -0.05) is 131 Å². The molecule has 0 atom stereocenters. The van der Waals surface area contributed by atoms with Gasteiger partial charge in [0.2, 0.25) is 0 Å². The minimum absolute atomic E-state index is 0. The van der Waals surface area contributed by atoms with Crippen LogP contribution in [-0.2, 0) is 31.9 Å². The van der Waals surface area contributed by atoms with Gasteiger partial charge in [0.1, 0.15) is 5.65 Å². The SMILES string of the molecule is CC(C)(C)c1ccc2[n-]c3c(-c4ccc5c6ccccc6c6ccc(-n7c8ccccc8c8cccnc87)[c-]c6c5n4)cc(C(C)(C)C)cc3c2c1.[Pt+2]. The Morgan fingerprint density at radius 3 is 2.04 bits per heavy atom. The van der Waals surface area contributed by atoms with E-state index in [0.717, 1.165) is 66.2 Å². The first-order valence-corrected chi connectivity index (χ1v) is 18.1. The number of fused-ring (bicyclic) bond motifs is 12. The Hall–Kier alpha value is -5.31. The molecule has 260 valence electrons. The zero-order valence-electron chi connectivity index (χ0n) is 30.7. The molecule has 0 aliphatic heterocycles. The molecular weight excluding hydrogens is 828 g/mol. The smallest absolute Gasteiger partial charge is 0.656 e. The summed E-state index contributed by atoms with van der Waals surface area (Å²) in [7, 11) is 0. The predicted octanol–water partition coefficient (Wildman–Crippen LogP) is 12.4. The maximum Gasteiger partial charge on any atom is 2.00 e. The molecule has 10 aromatic rings. The summed E-state index contributed by atoms with van der Waals surface area (Å²) in [5.74, 6) is 0. The van der Waals surface area contributed by atoms with Crippen LogP contribution in [0, 0.1) is 6.07 Å². The summed E-state index contributed by atoms with van der Waals surface area (Å²) < 4.78 is 2.23. The molecule has 0 saturated carbocycles. The zero-order chi connectivity index (χ0) is 35.5. The molecule has 0 spiro atoms. The minimum Gasteiger partial charge on any atom is -0.656 e. The summed E-state index contributed by atoms with van der Waals surface area (Å²) in [5, 5.41) is 10.3. The van der Waals surface area contributed by atoms with E-state index in [0.29, 0.717) is 0 Å². The summed E-state index contributed by atoms with van der Waals surface area (Å²) in [6.45, 7) is 13.7. The van der Waals surface area contributed by atoms with Gasteiger partial charge < -0.3 is 9.55 Å². The van der Waals surface area contributed by atoms with Crippen LogP contribution in [0.15, 0.2) is 121 Å². The summed E-state index contributed by atoms with van der Waals surface area (Å²) in [5.41, 5.74) is 10.4. The van der Waals surface area contributed by atoms with Crippen molar-refractivity contribution in [2.24, 2.45) is 0 Å². The summed E-state index contributed by atoms with van der Waals surface area (Å²) in [4.78, 5) is 15.7. The molecule has 0 radical (unpaired) electrons. The Balaban J connectivity index is 0.00000372. The van der Waals surface area contributed by atoms with E-state index < -0.39 is 0 Å². The van der Waals surface area contributed by atoms with E-state index in [9.17, 15) is 0 Å². The predicted molar refractivity (Wildman–Crippen MR) is 219 cm³/mol. The second-order valence-corrected chi connectivity index (χ2v) is 16.3. The average molecular weight is 866 g/mol. The number of hydrogen-bond donors (Lipinski definition) is 0. The van der Waals surface area contributed by atoms with Crippen molar-refractivity contribution in [3.05, 3.63) is 139 Å². The van der Waals surface area contributed by atoms with Crippen molar-refractivity contribution in [2.75, 3.05) is 0 Å². The zero-order valence-corrected chi connectivity index (χ0v) is 32.9. The van der Waals surface area contributed by atoms with Gasteiger partial charge in [0.25, 0.3) is 0 Å². The molecule has 5 heteroatoms. The second kappa shape index (κ2) is 11.8. The topological polar surface area (TPSA) is 44.8 Å². The fourth-order valence-electron chi connectivity index (χ4n) is 8.06. The van der Waals surface area contributed by atoms with Crippen molar-refractivity contribution in [3.8, 4) is 16.9 Å². The first-order valence-electron chi connectivity index (χ1n) is 18.1. The molecule has 0 fully saturated rings. The van der Waals surface area contributed by atoms with Crippen LogP contribution in [0.3, 0.4) is 0 Å². The minimum atomic E-state index is -0.0626. The van der Waals surface area contributed by atoms with Gasteiger partial charge in [0.15, 0.2) is 0 Å². The molecular formula is C48H38N4Pt. The molecule has 10 rings (SSSR count). The first-order chi connectivity index (χ1) is 25.0. The normalized spacial score (nSPS) is 12.6. The summed E-state index contributed by atoms with van der Waals surface area (Å²) in [6.07, 6.45) is 1.87. The molecule has 0 aliphatic rings. The largest absolute Gasteiger partial charge is 2.00 e. The Morgan fingerprint density at radius 1 is 0.585 bits per heavy atom. The number of rotatable bonds is 2. The molecule has 0 N–H and O–H groups in total. The van der Waals surface area contributed by atoms with Gasteiger partial charge in [-0.2, -0.15) is 0 Å². The number of pyridine rings is 2. The summed E-state index contributed by atoms with van der Waals surface area (Å²) >= 11 is 0. The van der Waals surface area contributed by atoms with E-state index in [1.165, 1.54) is 38.1 Å². The van der Waals surface area contributed by atoms with Gasteiger partial charge in [0, 0.05) is 17.0 Å². The first kappa shape index (κ1) is 33.5. The molecule has 4 nitrogen and oxygen atoms in total. The molecule has 4 aromatic heterocycles. The van der Waals surface area contributed by atoms with E-state index in [2.05, 4.69) is 161 Å². The van der Waals surface area contributed by atoms with E-state index >= 15 is 0 Å². The van der Waals surface area contributed by atoms with Crippen LogP contribution < -0.4 is 4.98 Å². The molecule has 53 heavy (non-hydrogen) atoms. The molecule has 4 heterocycles. The van der Waals surface area contributed by atoms with Gasteiger partial charge in [-0.25, -0.2) is 4.98 Å². The van der Waals surface area contributed by atoms with Gasteiger partial charge in [-0.05, 0) is 84.5 Å². The third-order valence-corrected chi connectivity index (χ3v) is 10.9. The Bertz CT molecular complexity index is 3040. The van der Waals surface area contributed by atoms with Crippen LogP contribution in [0.4, 0.5) is 0 Å². The van der Waals surface area contributed by atoms with Gasteiger partial charge >= 0.3 is 21.1 Å². The fraction of sp³-hybridized carbons (Fsp3) is 0.167. The van der Waals surface area contributed by atoms with E-state index in [-0.39, 0.29) is 31.9 Å². The molecule has 0 bridgehead atoms. The summed E-state index contributed by atoms with van der Waals surface area (Å²) in [6, 6.07) is 45.5. The Kier molecular flexibility index (Phi) is 7.49. The molecule has 6 aromatic carbocycles. The average Bonchev–Trinajstić information content (AvgIpc) is 3.69. The van der Waals surface area contributed by atoms with Crippen molar-refractivity contribution in [3.63, 3.8) is 0 Å². The van der Waals surface area contributed by atoms with Gasteiger partial charge in [-0.3, -0.25) is 4.98 Å². The van der Waals surface area contributed by atoms with Crippen molar-refractivity contribution in [1.82, 2.24) is 19.5 Å². The number of para-hydroxylation sites is 1. The fourth-order valence-corrected chi connectivity index (χ4v) is 8.06. The van der Waals surface area contributed by atoms with E-state index in [1.807, 2.05) is 12.3 Å². The molecule has 0 saturated heterocycles. The number of benzene rings is 6. The maximum atomic E-state index is 5.57. The van der Waals surface area contributed by atoms with Gasteiger partial charge in [-0.15, -0.1) is 34.6 Å². The van der Waals surface area contributed by atoms with Gasteiger partial charge in [0.05, 0.1) is 11.2 Å². The maximum absolute atomic E-state index is 5.57. The molecule has 0 amide bonds. The second-order valence-electron chi connectivity index (χ2n) is 16.3. The van der Waals surface area contributed by atoms with Crippen molar-refractivity contribution in [1.29, 1.82) is 0 Å². The quantitative estimate of drug-likeness (QED) is 0.128. The van der Waals surface area contributed by atoms with Crippen LogP contribution >= 0.6 is 0 Å². The molecule has 0 aliphatic carbocycles. The van der Waals surface area contributed by atoms with Crippen molar-refractivity contribution < 1.29 is 21.1 Å². The Labute approximate surface area is 323 Å². The van der Waals surface area contributed by atoms with Crippen LogP contribution in [0.25, 0.3) is 93.1 Å². The van der Waals surface area contributed by atoms with Crippen LogP contribution in [-0.4, -0.2) is 14.5 Å². The van der Waals surface area contributed by atoms with Crippen LogP contribution in [0.2, 0.25) is 0 Å². The number of nitrogens with zero attached hydrogens (tertiary/aromatic N) is 4. The molecule has 0 unspecified atom stereocenters. The third kappa shape index (κ3) is 5.14. The van der Waals surface area contributed by atoms with Crippen LogP contribution in [0.1, 0.15) is 52.7 Å². The standard InChI is InChI=1S/C48H38N4.Pt/c1-47(2,3)28-17-21-41-37(24-28)38-25-29(48(4,5)6)26-40(45(38)50-41)42-22-20-35-32-13-8-7-12-31(32)33-19-18-30(27-39(33)44(35)51-42)52-43-16-10-9-14-34(43)36-15-11-23-49-46(36)52;/h7-26H,1-6H3;/q-2;+2. The van der Waals surface area contributed by atoms with Crippen molar-refractivity contribution >= 4 is 76.2 Å². The van der Waals surface area contributed by atoms with E-state index in [1.54, 1.807) is 0 Å². The number of aromatic nitrogens is 4. The monoisotopic (exact) mass is 865 g/mol. The van der Waals surface area contributed by atoms with Crippen molar-refractivity contribution in [2.45, 2.75) is 52.4 Å².